The lowest BCUT2D eigenvalue weighted by Crippen LogP contribution is -1.97. The van der Waals surface area contributed by atoms with Crippen LogP contribution in [0.2, 0.25) is 0 Å². The molecule has 0 aliphatic rings. The first kappa shape index (κ1) is 19.6. The Morgan fingerprint density at radius 3 is 2.23 bits per heavy atom. The van der Waals surface area contributed by atoms with E-state index < -0.39 is 0 Å². The Bertz CT molecular complexity index is 1140. The highest BCUT2D eigenvalue weighted by Crippen LogP contribution is 2.35. The standard InChI is InChI=1S/C25H24N2O3/c1-17-4-6-18(7-5-17)16-30-20-10-8-19(9-11-20)27-22-12-13-26-23-15-25(29-3)24(28-2)14-21(22)23/h4-15H,16H2,1-3H3,(H,26,27). The molecule has 1 N–H and O–H groups in total. The molecule has 30 heavy (non-hydrogen) atoms. The van der Waals surface area contributed by atoms with Gasteiger partial charge in [0.1, 0.15) is 12.4 Å². The van der Waals surface area contributed by atoms with Crippen LogP contribution in [0.5, 0.6) is 17.2 Å². The van der Waals surface area contributed by atoms with Crippen LogP contribution in [-0.4, -0.2) is 19.2 Å². The third kappa shape index (κ3) is 4.30. The first-order valence-corrected chi connectivity index (χ1v) is 9.72. The van der Waals surface area contributed by atoms with Crippen molar-refractivity contribution in [1.82, 2.24) is 4.98 Å². The Kier molecular flexibility index (Phi) is 5.70. The highest BCUT2D eigenvalue weighted by atomic mass is 16.5. The fraction of sp³-hybridized carbons (Fsp3) is 0.160. The van der Waals surface area contributed by atoms with Gasteiger partial charge in [-0.3, -0.25) is 4.98 Å². The van der Waals surface area contributed by atoms with E-state index in [1.54, 1.807) is 20.4 Å². The minimum atomic E-state index is 0.545. The number of aryl methyl sites for hydroxylation is 1. The number of hydrogen-bond donors (Lipinski definition) is 1. The summed E-state index contributed by atoms with van der Waals surface area (Å²) in [6, 6.07) is 22.0. The molecule has 5 nitrogen and oxygen atoms in total. The van der Waals surface area contributed by atoms with Gasteiger partial charge in [-0.15, -0.1) is 0 Å². The summed E-state index contributed by atoms with van der Waals surface area (Å²) >= 11 is 0. The predicted octanol–water partition coefficient (Wildman–Crippen LogP) is 5.88. The fourth-order valence-corrected chi connectivity index (χ4v) is 3.22. The van der Waals surface area contributed by atoms with E-state index in [0.717, 1.165) is 33.6 Å². The van der Waals surface area contributed by atoms with Crippen molar-refractivity contribution in [1.29, 1.82) is 0 Å². The second kappa shape index (κ2) is 8.74. The highest BCUT2D eigenvalue weighted by molar-refractivity contribution is 5.95. The number of nitrogens with one attached hydrogen (secondary N) is 1. The van der Waals surface area contributed by atoms with Crippen LogP contribution in [0, 0.1) is 6.92 Å². The smallest absolute Gasteiger partial charge is 0.162 e. The van der Waals surface area contributed by atoms with E-state index >= 15 is 0 Å². The Hall–Kier alpha value is -3.73. The van der Waals surface area contributed by atoms with E-state index in [1.807, 2.05) is 42.5 Å². The Labute approximate surface area is 176 Å². The topological polar surface area (TPSA) is 52.6 Å². The second-order valence-electron chi connectivity index (χ2n) is 7.01. The molecular formula is C25H24N2O3. The van der Waals surface area contributed by atoms with Crippen molar-refractivity contribution in [3.63, 3.8) is 0 Å². The fourth-order valence-electron chi connectivity index (χ4n) is 3.22. The molecule has 1 heterocycles. The van der Waals surface area contributed by atoms with Crippen molar-refractivity contribution in [3.05, 3.63) is 84.1 Å². The van der Waals surface area contributed by atoms with Crippen LogP contribution < -0.4 is 19.5 Å². The summed E-state index contributed by atoms with van der Waals surface area (Å²) in [6.07, 6.45) is 1.77. The van der Waals surface area contributed by atoms with E-state index in [0.29, 0.717) is 18.1 Å². The van der Waals surface area contributed by atoms with Crippen LogP contribution in [0.15, 0.2) is 72.9 Å². The molecule has 0 fully saturated rings. The molecule has 152 valence electrons. The molecule has 0 saturated carbocycles. The van der Waals surface area contributed by atoms with Gasteiger partial charge in [-0.1, -0.05) is 29.8 Å². The molecule has 0 amide bonds. The maximum absolute atomic E-state index is 5.89. The average Bonchev–Trinajstić information content (AvgIpc) is 2.79. The molecule has 4 rings (SSSR count). The maximum atomic E-state index is 5.89. The lowest BCUT2D eigenvalue weighted by Gasteiger charge is -2.13. The van der Waals surface area contributed by atoms with Gasteiger partial charge in [0.05, 0.1) is 19.7 Å². The molecular weight excluding hydrogens is 376 g/mol. The van der Waals surface area contributed by atoms with E-state index in [1.165, 1.54) is 5.56 Å². The minimum absolute atomic E-state index is 0.545. The van der Waals surface area contributed by atoms with Gasteiger partial charge in [-0.25, -0.2) is 0 Å². The van der Waals surface area contributed by atoms with E-state index in [2.05, 4.69) is 41.5 Å². The number of aromatic nitrogens is 1. The molecule has 1 aromatic heterocycles. The zero-order chi connectivity index (χ0) is 20.9. The summed E-state index contributed by atoms with van der Waals surface area (Å²) in [5.74, 6) is 2.15. The molecule has 0 bridgehead atoms. The average molecular weight is 400 g/mol. The van der Waals surface area contributed by atoms with Crippen LogP contribution in [0.1, 0.15) is 11.1 Å². The summed E-state index contributed by atoms with van der Waals surface area (Å²) in [4.78, 5) is 4.44. The zero-order valence-electron chi connectivity index (χ0n) is 17.3. The first-order valence-electron chi connectivity index (χ1n) is 9.72. The summed E-state index contributed by atoms with van der Waals surface area (Å²) in [6.45, 7) is 2.62. The number of rotatable bonds is 7. The van der Waals surface area contributed by atoms with Crippen molar-refractivity contribution in [2.75, 3.05) is 19.5 Å². The summed E-state index contributed by atoms with van der Waals surface area (Å²) in [7, 11) is 3.25. The quantitative estimate of drug-likeness (QED) is 0.420. The van der Waals surface area contributed by atoms with Crippen LogP contribution >= 0.6 is 0 Å². The molecule has 4 aromatic rings. The van der Waals surface area contributed by atoms with Gasteiger partial charge < -0.3 is 19.5 Å². The van der Waals surface area contributed by atoms with Crippen molar-refractivity contribution in [3.8, 4) is 17.2 Å². The molecule has 0 radical (unpaired) electrons. The second-order valence-corrected chi connectivity index (χ2v) is 7.01. The van der Waals surface area contributed by atoms with Gasteiger partial charge in [-0.05, 0) is 48.9 Å². The molecule has 0 aliphatic carbocycles. The summed E-state index contributed by atoms with van der Waals surface area (Å²) in [5, 5.41) is 4.40. The SMILES string of the molecule is COc1cc2nccc(Nc3ccc(OCc4ccc(C)cc4)cc3)c2cc1OC. The normalized spacial score (nSPS) is 10.6. The molecule has 0 unspecified atom stereocenters. The highest BCUT2D eigenvalue weighted by Gasteiger charge is 2.10. The number of anilines is 2. The first-order chi connectivity index (χ1) is 14.7. The maximum Gasteiger partial charge on any atom is 0.162 e. The number of fused-ring (bicyclic) bond motifs is 1. The van der Waals surface area contributed by atoms with Crippen LogP contribution in [0.3, 0.4) is 0 Å². The largest absolute Gasteiger partial charge is 0.493 e. The lowest BCUT2D eigenvalue weighted by atomic mass is 10.1. The minimum Gasteiger partial charge on any atom is -0.493 e. The van der Waals surface area contributed by atoms with Gasteiger partial charge >= 0.3 is 0 Å². The lowest BCUT2D eigenvalue weighted by molar-refractivity contribution is 0.306. The van der Waals surface area contributed by atoms with Crippen molar-refractivity contribution in [2.45, 2.75) is 13.5 Å². The molecule has 0 atom stereocenters. The molecule has 0 saturated heterocycles. The van der Waals surface area contributed by atoms with Crippen molar-refractivity contribution < 1.29 is 14.2 Å². The van der Waals surface area contributed by atoms with Crippen LogP contribution in [0.4, 0.5) is 11.4 Å². The number of benzene rings is 3. The van der Waals surface area contributed by atoms with E-state index in [9.17, 15) is 0 Å². The van der Waals surface area contributed by atoms with Gasteiger partial charge in [0.2, 0.25) is 0 Å². The zero-order valence-corrected chi connectivity index (χ0v) is 17.3. The summed E-state index contributed by atoms with van der Waals surface area (Å²) < 4.78 is 16.7. The van der Waals surface area contributed by atoms with Gasteiger partial charge in [0.25, 0.3) is 0 Å². The number of pyridine rings is 1. The number of nitrogens with zero attached hydrogens (tertiary/aromatic N) is 1. The van der Waals surface area contributed by atoms with Crippen molar-refractivity contribution in [2.24, 2.45) is 0 Å². The number of hydrogen-bond acceptors (Lipinski definition) is 5. The Balaban J connectivity index is 1.50. The third-order valence-electron chi connectivity index (χ3n) is 4.91. The van der Waals surface area contributed by atoms with Crippen molar-refractivity contribution >= 4 is 22.3 Å². The third-order valence-corrected chi connectivity index (χ3v) is 4.91. The van der Waals surface area contributed by atoms with Gasteiger partial charge in [0.15, 0.2) is 11.5 Å². The Morgan fingerprint density at radius 1 is 0.833 bits per heavy atom. The number of methoxy groups -OCH3 is 2. The van der Waals surface area contributed by atoms with E-state index in [-0.39, 0.29) is 0 Å². The Morgan fingerprint density at radius 2 is 1.53 bits per heavy atom. The monoisotopic (exact) mass is 400 g/mol. The molecule has 3 aromatic carbocycles. The van der Waals surface area contributed by atoms with Crippen LogP contribution in [-0.2, 0) is 6.61 Å². The molecule has 5 heteroatoms. The predicted molar refractivity (Wildman–Crippen MR) is 120 cm³/mol. The summed E-state index contributed by atoms with van der Waals surface area (Å²) in [5.41, 5.74) is 5.12. The molecule has 0 aliphatic heterocycles. The van der Waals surface area contributed by atoms with Gasteiger partial charge in [-0.2, -0.15) is 0 Å². The number of ether oxygens (including phenoxy) is 3. The van der Waals surface area contributed by atoms with Gasteiger partial charge in [0, 0.05) is 29.0 Å². The van der Waals surface area contributed by atoms with E-state index in [4.69, 9.17) is 14.2 Å². The van der Waals surface area contributed by atoms with Crippen LogP contribution in [0.25, 0.3) is 10.9 Å². The molecule has 0 spiro atoms.